The zero-order valence-corrected chi connectivity index (χ0v) is 19.2. The molecule has 0 bridgehead atoms. The minimum atomic E-state index is -3.73. The summed E-state index contributed by atoms with van der Waals surface area (Å²) in [6, 6.07) is 17.5. The molecule has 33 heavy (non-hydrogen) atoms. The molecule has 0 fully saturated rings. The molecule has 4 N–H and O–H groups in total. The number of nitrogens with zero attached hydrogens (tertiary/aromatic N) is 2. The van der Waals surface area contributed by atoms with Crippen molar-refractivity contribution in [3.05, 3.63) is 71.8 Å². The second kappa shape index (κ2) is 9.53. The third kappa shape index (κ3) is 5.28. The fourth-order valence-electron chi connectivity index (χ4n) is 3.24. The Morgan fingerprint density at radius 2 is 1.76 bits per heavy atom. The molecule has 1 aromatic heterocycles. The molecule has 0 aliphatic heterocycles. The van der Waals surface area contributed by atoms with Crippen LogP contribution >= 0.6 is 11.3 Å². The molecule has 0 aliphatic rings. The number of rotatable bonds is 8. The SMILES string of the molecule is CCOc1ccc2ccccc2c1C(=O)Nc1nnc(NCc2ccc(S(N)(=O)=O)cc2)s1. The Labute approximate surface area is 194 Å². The Balaban J connectivity index is 1.47. The lowest BCUT2D eigenvalue weighted by Gasteiger charge is -2.12. The number of fused-ring (bicyclic) bond motifs is 1. The Morgan fingerprint density at radius 1 is 1.03 bits per heavy atom. The summed E-state index contributed by atoms with van der Waals surface area (Å²) < 4.78 is 28.4. The van der Waals surface area contributed by atoms with Crippen LogP contribution in [0.5, 0.6) is 5.75 Å². The first kappa shape index (κ1) is 22.6. The number of amides is 1. The number of hydrogen-bond acceptors (Lipinski definition) is 8. The number of carbonyl (C=O) groups is 1. The van der Waals surface area contributed by atoms with Crippen LogP contribution in [0.15, 0.2) is 65.6 Å². The topological polar surface area (TPSA) is 136 Å². The van der Waals surface area contributed by atoms with Crippen LogP contribution in [0.2, 0.25) is 0 Å². The summed E-state index contributed by atoms with van der Waals surface area (Å²) in [5.41, 5.74) is 1.27. The molecule has 3 aromatic carbocycles. The highest BCUT2D eigenvalue weighted by Gasteiger charge is 2.18. The van der Waals surface area contributed by atoms with E-state index in [0.717, 1.165) is 16.3 Å². The first-order valence-electron chi connectivity index (χ1n) is 10.00. The second-order valence-electron chi connectivity index (χ2n) is 7.00. The lowest BCUT2D eigenvalue weighted by Crippen LogP contribution is -2.14. The maximum Gasteiger partial charge on any atom is 0.261 e. The highest BCUT2D eigenvalue weighted by Crippen LogP contribution is 2.30. The number of ether oxygens (including phenoxy) is 1. The molecule has 0 aliphatic carbocycles. The molecule has 0 atom stereocenters. The summed E-state index contributed by atoms with van der Waals surface area (Å²) in [6.45, 7) is 2.69. The van der Waals surface area contributed by atoms with E-state index in [1.165, 1.54) is 23.5 Å². The molecule has 170 valence electrons. The molecule has 0 saturated carbocycles. The van der Waals surface area contributed by atoms with Gasteiger partial charge in [-0.3, -0.25) is 10.1 Å². The van der Waals surface area contributed by atoms with Gasteiger partial charge in [0.2, 0.25) is 20.3 Å². The van der Waals surface area contributed by atoms with E-state index in [9.17, 15) is 13.2 Å². The third-order valence-electron chi connectivity index (χ3n) is 4.76. The van der Waals surface area contributed by atoms with E-state index in [0.29, 0.717) is 34.7 Å². The highest BCUT2D eigenvalue weighted by molar-refractivity contribution is 7.89. The van der Waals surface area contributed by atoms with Crippen molar-refractivity contribution < 1.29 is 17.9 Å². The zero-order valence-electron chi connectivity index (χ0n) is 17.6. The molecule has 0 saturated heterocycles. The van der Waals surface area contributed by atoms with Crippen LogP contribution in [0, 0.1) is 0 Å². The number of anilines is 2. The number of primary sulfonamides is 1. The average Bonchev–Trinajstić information content (AvgIpc) is 3.24. The van der Waals surface area contributed by atoms with Crippen molar-refractivity contribution in [1.29, 1.82) is 0 Å². The third-order valence-corrected chi connectivity index (χ3v) is 6.48. The van der Waals surface area contributed by atoms with Crippen LogP contribution in [-0.4, -0.2) is 31.1 Å². The van der Waals surface area contributed by atoms with Crippen LogP contribution in [-0.2, 0) is 16.6 Å². The summed E-state index contributed by atoms with van der Waals surface area (Å²) in [6.07, 6.45) is 0. The normalized spacial score (nSPS) is 11.3. The van der Waals surface area contributed by atoms with E-state index in [4.69, 9.17) is 9.88 Å². The van der Waals surface area contributed by atoms with Gasteiger partial charge in [-0.15, -0.1) is 10.2 Å². The lowest BCUT2D eigenvalue weighted by atomic mass is 10.0. The van der Waals surface area contributed by atoms with E-state index in [2.05, 4.69) is 20.8 Å². The van der Waals surface area contributed by atoms with E-state index in [1.54, 1.807) is 18.2 Å². The van der Waals surface area contributed by atoms with E-state index in [-0.39, 0.29) is 10.8 Å². The van der Waals surface area contributed by atoms with Crippen LogP contribution in [0.1, 0.15) is 22.8 Å². The number of aromatic nitrogens is 2. The van der Waals surface area contributed by atoms with Crippen molar-refractivity contribution >= 4 is 48.3 Å². The molecule has 4 aromatic rings. The number of hydrogen-bond donors (Lipinski definition) is 3. The van der Waals surface area contributed by atoms with Crippen molar-refractivity contribution in [2.24, 2.45) is 5.14 Å². The Kier molecular flexibility index (Phi) is 6.54. The van der Waals surface area contributed by atoms with Crippen LogP contribution in [0.25, 0.3) is 10.8 Å². The van der Waals surface area contributed by atoms with Gasteiger partial charge in [0.15, 0.2) is 0 Å². The first-order valence-corrected chi connectivity index (χ1v) is 12.4. The van der Waals surface area contributed by atoms with Gasteiger partial charge in [-0.1, -0.05) is 53.8 Å². The van der Waals surface area contributed by atoms with E-state index in [1.807, 2.05) is 37.3 Å². The van der Waals surface area contributed by atoms with Crippen LogP contribution in [0.3, 0.4) is 0 Å². The van der Waals surface area contributed by atoms with Gasteiger partial charge >= 0.3 is 0 Å². The van der Waals surface area contributed by atoms with Gasteiger partial charge in [-0.05, 0) is 41.5 Å². The molecule has 0 radical (unpaired) electrons. The number of nitrogens with one attached hydrogen (secondary N) is 2. The Hall–Kier alpha value is -3.54. The summed E-state index contributed by atoms with van der Waals surface area (Å²) >= 11 is 1.19. The summed E-state index contributed by atoms with van der Waals surface area (Å²) in [4.78, 5) is 13.1. The molecular weight excluding hydrogens is 462 g/mol. The number of carbonyl (C=O) groups excluding carboxylic acids is 1. The van der Waals surface area contributed by atoms with Gasteiger partial charge in [0.25, 0.3) is 5.91 Å². The highest BCUT2D eigenvalue weighted by atomic mass is 32.2. The molecule has 1 heterocycles. The van der Waals surface area contributed by atoms with Crippen molar-refractivity contribution in [3.8, 4) is 5.75 Å². The van der Waals surface area contributed by atoms with E-state index < -0.39 is 10.0 Å². The molecule has 9 nitrogen and oxygen atoms in total. The van der Waals surface area contributed by atoms with Crippen molar-refractivity contribution in [1.82, 2.24) is 10.2 Å². The molecule has 0 unspecified atom stereocenters. The minimum absolute atomic E-state index is 0.0482. The van der Waals surface area contributed by atoms with Crippen molar-refractivity contribution in [3.63, 3.8) is 0 Å². The van der Waals surface area contributed by atoms with Gasteiger partial charge in [0.1, 0.15) is 5.75 Å². The van der Waals surface area contributed by atoms with Crippen molar-refractivity contribution in [2.45, 2.75) is 18.4 Å². The summed E-state index contributed by atoms with van der Waals surface area (Å²) in [7, 11) is -3.73. The molecule has 4 rings (SSSR count). The number of sulfonamides is 1. The van der Waals surface area contributed by atoms with Crippen molar-refractivity contribution in [2.75, 3.05) is 17.2 Å². The Morgan fingerprint density at radius 3 is 2.48 bits per heavy atom. The quantitative estimate of drug-likeness (QED) is 0.348. The zero-order chi connectivity index (χ0) is 23.4. The summed E-state index contributed by atoms with van der Waals surface area (Å²) in [5, 5.41) is 21.6. The lowest BCUT2D eigenvalue weighted by molar-refractivity contribution is 0.102. The second-order valence-corrected chi connectivity index (χ2v) is 9.54. The monoisotopic (exact) mass is 483 g/mol. The fraction of sp³-hybridized carbons (Fsp3) is 0.136. The number of nitrogens with two attached hydrogens (primary N) is 1. The molecule has 11 heteroatoms. The largest absolute Gasteiger partial charge is 0.493 e. The first-order chi connectivity index (χ1) is 15.8. The fourth-order valence-corrected chi connectivity index (χ4v) is 4.39. The maximum absolute atomic E-state index is 13.1. The molecule has 0 spiro atoms. The maximum atomic E-state index is 13.1. The minimum Gasteiger partial charge on any atom is -0.493 e. The molecule has 1 amide bonds. The van der Waals surface area contributed by atoms with Gasteiger partial charge in [-0.2, -0.15) is 0 Å². The smallest absolute Gasteiger partial charge is 0.261 e. The van der Waals surface area contributed by atoms with E-state index >= 15 is 0 Å². The summed E-state index contributed by atoms with van der Waals surface area (Å²) in [5.74, 6) is 0.163. The van der Waals surface area contributed by atoms with Gasteiger partial charge < -0.3 is 10.1 Å². The molecular formula is C22H21N5O4S2. The number of benzene rings is 3. The van der Waals surface area contributed by atoms with Gasteiger partial charge in [0, 0.05) is 6.54 Å². The Bertz CT molecular complexity index is 1400. The van der Waals surface area contributed by atoms with Gasteiger partial charge in [0.05, 0.1) is 17.1 Å². The standard InChI is InChI=1S/C22H21N5O4S2/c1-2-31-18-12-9-15-5-3-4-6-17(15)19(18)20(28)25-22-27-26-21(32-22)24-13-14-7-10-16(11-8-14)33(23,29)30/h3-12H,2,13H2,1H3,(H,24,26)(H2,23,29,30)(H,25,27,28). The average molecular weight is 484 g/mol. The predicted octanol–water partition coefficient (Wildman–Crippen LogP) is 3.60. The van der Waals surface area contributed by atoms with Gasteiger partial charge in [-0.25, -0.2) is 13.6 Å². The van der Waals surface area contributed by atoms with Crippen LogP contribution < -0.4 is 20.5 Å². The predicted molar refractivity (Wildman–Crippen MR) is 128 cm³/mol. The van der Waals surface area contributed by atoms with Crippen LogP contribution in [0.4, 0.5) is 10.3 Å².